The number of hydrogen-bond donors (Lipinski definition) is 1. The molecule has 1 aliphatic rings. The molecule has 0 fully saturated rings. The molecule has 154 valence electrons. The number of rotatable bonds is 7. The van der Waals surface area contributed by atoms with E-state index in [-0.39, 0.29) is 11.3 Å². The summed E-state index contributed by atoms with van der Waals surface area (Å²) in [5.74, 6) is -0.660. The third-order valence-corrected chi connectivity index (χ3v) is 7.37. The van der Waals surface area contributed by atoms with Crippen LogP contribution in [0.5, 0.6) is 0 Å². The van der Waals surface area contributed by atoms with Gasteiger partial charge in [-0.15, -0.1) is 0 Å². The second-order valence-electron chi connectivity index (χ2n) is 7.18. The molecule has 28 heavy (non-hydrogen) atoms. The predicted molar refractivity (Wildman–Crippen MR) is 102 cm³/mol. The third kappa shape index (κ3) is 5.04. The molecule has 1 aliphatic carbocycles. The number of amides is 1. The first kappa shape index (κ1) is 22.2. The average Bonchev–Trinajstić information content (AvgIpc) is 2.65. The van der Waals surface area contributed by atoms with Crippen LogP contribution in [0, 0.1) is 0 Å². The van der Waals surface area contributed by atoms with E-state index in [2.05, 4.69) is 5.32 Å². The van der Waals surface area contributed by atoms with Gasteiger partial charge in [0, 0.05) is 17.0 Å². The number of halogens is 3. The van der Waals surface area contributed by atoms with Crippen molar-refractivity contribution in [1.29, 1.82) is 0 Å². The van der Waals surface area contributed by atoms with E-state index in [9.17, 15) is 26.4 Å². The SMILES string of the molecule is CC(C)(C(=O)NCCCc1ccccc1)S(=O)(=O)C1=CC=C(C(F)(F)F)CC1. The van der Waals surface area contributed by atoms with E-state index in [1.807, 2.05) is 30.3 Å². The minimum absolute atomic E-state index is 0.148. The number of alkyl halides is 3. The number of carbonyl (C=O) groups is 1. The zero-order chi connectivity index (χ0) is 21.0. The van der Waals surface area contributed by atoms with E-state index in [1.165, 1.54) is 13.8 Å². The molecule has 2 rings (SSSR count). The quantitative estimate of drug-likeness (QED) is 0.682. The summed E-state index contributed by atoms with van der Waals surface area (Å²) in [6, 6.07) is 9.68. The summed E-state index contributed by atoms with van der Waals surface area (Å²) in [6.45, 7) is 2.86. The van der Waals surface area contributed by atoms with Gasteiger partial charge in [-0.05, 0) is 51.2 Å². The summed E-state index contributed by atoms with van der Waals surface area (Å²) in [6.07, 6.45) is -2.02. The molecule has 0 heterocycles. The lowest BCUT2D eigenvalue weighted by atomic mass is 10.0. The molecule has 1 aromatic carbocycles. The van der Waals surface area contributed by atoms with E-state index in [0.29, 0.717) is 13.0 Å². The summed E-state index contributed by atoms with van der Waals surface area (Å²) < 4.78 is 62.0. The van der Waals surface area contributed by atoms with Crippen LogP contribution >= 0.6 is 0 Å². The van der Waals surface area contributed by atoms with E-state index in [1.54, 1.807) is 0 Å². The number of aryl methyl sites for hydroxylation is 1. The zero-order valence-corrected chi connectivity index (χ0v) is 16.7. The monoisotopic (exact) mass is 415 g/mol. The molecular formula is C20H24F3NO3S. The molecule has 0 spiro atoms. The molecule has 0 aromatic heterocycles. The van der Waals surface area contributed by atoms with Crippen molar-refractivity contribution in [1.82, 2.24) is 5.32 Å². The van der Waals surface area contributed by atoms with Crippen molar-refractivity contribution in [2.75, 3.05) is 6.54 Å². The number of sulfone groups is 1. The Morgan fingerprint density at radius 3 is 2.25 bits per heavy atom. The molecule has 0 atom stereocenters. The lowest BCUT2D eigenvalue weighted by Crippen LogP contribution is -2.48. The smallest absolute Gasteiger partial charge is 0.355 e. The summed E-state index contributed by atoms with van der Waals surface area (Å²) >= 11 is 0. The van der Waals surface area contributed by atoms with Gasteiger partial charge in [0.25, 0.3) is 0 Å². The van der Waals surface area contributed by atoms with Crippen LogP contribution in [-0.4, -0.2) is 31.8 Å². The van der Waals surface area contributed by atoms with Crippen LogP contribution in [0.3, 0.4) is 0 Å². The Bertz CT molecular complexity index is 870. The maximum Gasteiger partial charge on any atom is 0.412 e. The minimum Gasteiger partial charge on any atom is -0.355 e. The van der Waals surface area contributed by atoms with Gasteiger partial charge in [0.2, 0.25) is 5.91 Å². The Morgan fingerprint density at radius 1 is 1.07 bits per heavy atom. The summed E-state index contributed by atoms with van der Waals surface area (Å²) in [5, 5.41) is 2.63. The number of benzene rings is 1. The normalized spacial score (nSPS) is 15.6. The zero-order valence-electron chi connectivity index (χ0n) is 15.8. The lowest BCUT2D eigenvalue weighted by molar-refractivity contribution is -0.122. The number of hydrogen-bond acceptors (Lipinski definition) is 3. The fraction of sp³-hybridized carbons (Fsp3) is 0.450. The Balaban J connectivity index is 2.00. The second kappa shape index (κ2) is 8.51. The van der Waals surface area contributed by atoms with Crippen molar-refractivity contribution in [2.45, 2.75) is 50.5 Å². The molecule has 0 radical (unpaired) electrons. The highest BCUT2D eigenvalue weighted by Gasteiger charge is 2.44. The molecule has 1 amide bonds. The van der Waals surface area contributed by atoms with Crippen molar-refractivity contribution in [3.63, 3.8) is 0 Å². The molecule has 0 saturated carbocycles. The highest BCUT2D eigenvalue weighted by atomic mass is 32.2. The Kier molecular flexibility index (Phi) is 6.75. The van der Waals surface area contributed by atoms with E-state index in [0.717, 1.165) is 24.1 Å². The first-order chi connectivity index (χ1) is 13.0. The third-order valence-electron chi connectivity index (χ3n) is 4.81. The fourth-order valence-corrected chi connectivity index (χ4v) is 4.47. The van der Waals surface area contributed by atoms with Gasteiger partial charge >= 0.3 is 6.18 Å². The van der Waals surface area contributed by atoms with Gasteiger partial charge in [-0.2, -0.15) is 13.2 Å². The summed E-state index contributed by atoms with van der Waals surface area (Å²) in [7, 11) is -4.08. The number of nitrogens with one attached hydrogen (secondary N) is 1. The molecule has 8 heteroatoms. The summed E-state index contributed by atoms with van der Waals surface area (Å²) in [4.78, 5) is 12.3. The molecule has 0 saturated heterocycles. The van der Waals surface area contributed by atoms with Gasteiger partial charge in [-0.25, -0.2) is 8.42 Å². The van der Waals surface area contributed by atoms with Gasteiger partial charge in [-0.3, -0.25) is 4.79 Å². The second-order valence-corrected chi connectivity index (χ2v) is 9.73. The van der Waals surface area contributed by atoms with Crippen LogP contribution < -0.4 is 5.32 Å². The molecule has 0 unspecified atom stereocenters. The van der Waals surface area contributed by atoms with E-state index < -0.39 is 38.7 Å². The number of allylic oxidation sites excluding steroid dienone is 4. The number of carbonyl (C=O) groups excluding carboxylic acids is 1. The fourth-order valence-electron chi connectivity index (χ4n) is 2.88. The standard InChI is InChI=1S/C20H24F3NO3S/c1-19(2,18(25)24-14-6-9-15-7-4-3-5-8-15)28(26,27)17-12-10-16(11-13-17)20(21,22)23/h3-5,7-8,10,12H,6,9,11,13-14H2,1-2H3,(H,24,25). The molecule has 1 N–H and O–H groups in total. The maximum absolute atomic E-state index is 12.8. The van der Waals surface area contributed by atoms with Crippen LogP contribution in [0.15, 0.2) is 53.0 Å². The van der Waals surface area contributed by atoms with Crippen molar-refractivity contribution in [2.24, 2.45) is 0 Å². The molecule has 0 bridgehead atoms. The van der Waals surface area contributed by atoms with Crippen LogP contribution in [0.4, 0.5) is 13.2 Å². The van der Waals surface area contributed by atoms with Gasteiger partial charge in [0.15, 0.2) is 9.84 Å². The molecule has 4 nitrogen and oxygen atoms in total. The molecule has 0 aliphatic heterocycles. The Labute approximate surface area is 163 Å². The maximum atomic E-state index is 12.8. The molecule has 1 aromatic rings. The van der Waals surface area contributed by atoms with E-state index in [4.69, 9.17) is 0 Å². The van der Waals surface area contributed by atoms with Crippen molar-refractivity contribution in [3.05, 3.63) is 58.5 Å². The predicted octanol–water partition coefficient (Wildman–Crippen LogP) is 4.10. The van der Waals surface area contributed by atoms with Gasteiger partial charge in [-0.1, -0.05) is 36.4 Å². The average molecular weight is 415 g/mol. The largest absolute Gasteiger partial charge is 0.412 e. The van der Waals surface area contributed by atoms with Gasteiger partial charge < -0.3 is 5.32 Å². The van der Waals surface area contributed by atoms with Crippen LogP contribution in [0.25, 0.3) is 0 Å². The van der Waals surface area contributed by atoms with Crippen molar-refractivity contribution < 1.29 is 26.4 Å². The first-order valence-corrected chi connectivity index (χ1v) is 10.5. The highest BCUT2D eigenvalue weighted by Crippen LogP contribution is 2.36. The van der Waals surface area contributed by atoms with Crippen LogP contribution in [0.1, 0.15) is 38.7 Å². The van der Waals surface area contributed by atoms with Crippen molar-refractivity contribution >= 4 is 15.7 Å². The topological polar surface area (TPSA) is 63.2 Å². The molecular weight excluding hydrogens is 391 g/mol. The van der Waals surface area contributed by atoms with Gasteiger partial charge in [0.1, 0.15) is 4.75 Å². The Morgan fingerprint density at radius 2 is 1.71 bits per heavy atom. The van der Waals surface area contributed by atoms with Gasteiger partial charge in [0.05, 0.1) is 0 Å². The summed E-state index contributed by atoms with van der Waals surface area (Å²) in [5.41, 5.74) is 0.345. The van der Waals surface area contributed by atoms with Crippen LogP contribution in [-0.2, 0) is 21.1 Å². The van der Waals surface area contributed by atoms with Crippen LogP contribution in [0.2, 0.25) is 0 Å². The minimum atomic E-state index is -4.47. The van der Waals surface area contributed by atoms with Crippen molar-refractivity contribution in [3.8, 4) is 0 Å². The van der Waals surface area contributed by atoms with E-state index >= 15 is 0 Å². The lowest BCUT2D eigenvalue weighted by Gasteiger charge is -2.27. The Hall–Kier alpha value is -2.09. The highest BCUT2D eigenvalue weighted by molar-refractivity contribution is 7.97. The first-order valence-electron chi connectivity index (χ1n) is 9.00.